The van der Waals surface area contributed by atoms with E-state index in [-0.39, 0.29) is 17.5 Å². The van der Waals surface area contributed by atoms with Crippen molar-refractivity contribution in [2.45, 2.75) is 37.2 Å². The number of carbonyl (C=O) groups is 2. The highest BCUT2D eigenvalue weighted by Gasteiger charge is 2.23. The molecule has 11 heteroatoms. The zero-order valence-electron chi connectivity index (χ0n) is 22.0. The van der Waals surface area contributed by atoms with Gasteiger partial charge in [0.2, 0.25) is 11.8 Å². The molecule has 1 heterocycles. The van der Waals surface area contributed by atoms with Gasteiger partial charge in [-0.05, 0) is 55.3 Å². The third-order valence-corrected chi connectivity index (χ3v) is 7.25. The summed E-state index contributed by atoms with van der Waals surface area (Å²) < 4.78 is 1.92. The average molecular weight is 557 g/mol. The van der Waals surface area contributed by atoms with Gasteiger partial charge in [-0.25, -0.2) is 0 Å². The highest BCUT2D eigenvalue weighted by molar-refractivity contribution is 8.00. The number of hydrogen-bond acceptors (Lipinski definition) is 7. The van der Waals surface area contributed by atoms with Gasteiger partial charge in [0.05, 0.1) is 10.2 Å². The molecule has 0 bridgehead atoms. The van der Waals surface area contributed by atoms with E-state index in [1.165, 1.54) is 36.0 Å². The molecule has 0 aliphatic rings. The van der Waals surface area contributed by atoms with Crippen LogP contribution in [0.5, 0.6) is 0 Å². The van der Waals surface area contributed by atoms with E-state index in [9.17, 15) is 19.7 Å². The standard InChI is InChI=1S/C29H28N6O4S/c1-3-25(28(37)31-23-11-8-12-24(19-23)35(38)39)40-29-33-32-27(34(29)4-2)21-14-16-22(17-15-21)30-26(36)18-13-20-9-6-5-7-10-20/h5-19,25H,3-4H2,1-2H3,(H,30,36)(H,31,37)/b18-13+. The summed E-state index contributed by atoms with van der Waals surface area (Å²) in [5, 5.41) is 25.5. The number of anilines is 2. The van der Waals surface area contributed by atoms with Crippen molar-refractivity contribution < 1.29 is 14.5 Å². The van der Waals surface area contributed by atoms with Crippen LogP contribution in [0.2, 0.25) is 0 Å². The fraction of sp³-hybridized carbons (Fsp3) is 0.172. The zero-order chi connectivity index (χ0) is 28.5. The Balaban J connectivity index is 1.42. The third-order valence-electron chi connectivity index (χ3n) is 5.91. The Bertz CT molecular complexity index is 1520. The molecule has 204 valence electrons. The first-order valence-electron chi connectivity index (χ1n) is 12.7. The maximum atomic E-state index is 13.0. The van der Waals surface area contributed by atoms with Crippen LogP contribution in [0.3, 0.4) is 0 Å². The molecular weight excluding hydrogens is 528 g/mol. The van der Waals surface area contributed by atoms with Gasteiger partial charge in [-0.15, -0.1) is 10.2 Å². The van der Waals surface area contributed by atoms with Gasteiger partial charge >= 0.3 is 0 Å². The molecule has 1 atom stereocenters. The molecule has 1 unspecified atom stereocenters. The van der Waals surface area contributed by atoms with Crippen LogP contribution < -0.4 is 10.6 Å². The number of nitrogens with zero attached hydrogens (tertiary/aromatic N) is 4. The maximum absolute atomic E-state index is 13.0. The molecule has 0 fully saturated rings. The van der Waals surface area contributed by atoms with Gasteiger partial charge in [0.15, 0.2) is 11.0 Å². The van der Waals surface area contributed by atoms with Crippen molar-refractivity contribution in [1.29, 1.82) is 0 Å². The van der Waals surface area contributed by atoms with Crippen LogP contribution in [0.25, 0.3) is 17.5 Å². The number of rotatable bonds is 11. The van der Waals surface area contributed by atoms with Gasteiger partial charge in [-0.2, -0.15) is 0 Å². The number of aromatic nitrogens is 3. The Morgan fingerprint density at radius 3 is 2.40 bits per heavy atom. The van der Waals surface area contributed by atoms with E-state index in [1.807, 2.05) is 60.9 Å². The lowest BCUT2D eigenvalue weighted by Crippen LogP contribution is -2.25. The molecule has 4 aromatic rings. The minimum atomic E-state index is -0.503. The lowest BCUT2D eigenvalue weighted by Gasteiger charge is -2.15. The quantitative estimate of drug-likeness (QED) is 0.0997. The largest absolute Gasteiger partial charge is 0.325 e. The van der Waals surface area contributed by atoms with Crippen molar-refractivity contribution in [3.8, 4) is 11.4 Å². The summed E-state index contributed by atoms with van der Waals surface area (Å²) in [4.78, 5) is 35.8. The van der Waals surface area contributed by atoms with E-state index in [0.29, 0.717) is 35.3 Å². The smallest absolute Gasteiger partial charge is 0.271 e. The van der Waals surface area contributed by atoms with Gasteiger partial charge in [-0.3, -0.25) is 19.7 Å². The summed E-state index contributed by atoms with van der Waals surface area (Å²) in [6, 6.07) is 22.7. The van der Waals surface area contributed by atoms with Crippen LogP contribution in [0.15, 0.2) is 90.1 Å². The molecule has 0 spiro atoms. The van der Waals surface area contributed by atoms with E-state index >= 15 is 0 Å². The van der Waals surface area contributed by atoms with Crippen molar-refractivity contribution in [1.82, 2.24) is 14.8 Å². The Morgan fingerprint density at radius 1 is 0.975 bits per heavy atom. The number of nitro benzene ring substituents is 1. The minimum Gasteiger partial charge on any atom is -0.325 e. The Labute approximate surface area is 235 Å². The van der Waals surface area contributed by atoms with Crippen molar-refractivity contribution in [2.75, 3.05) is 10.6 Å². The first-order valence-corrected chi connectivity index (χ1v) is 13.6. The first-order chi connectivity index (χ1) is 19.4. The molecule has 40 heavy (non-hydrogen) atoms. The molecule has 10 nitrogen and oxygen atoms in total. The molecule has 1 aromatic heterocycles. The van der Waals surface area contributed by atoms with E-state index in [4.69, 9.17) is 0 Å². The van der Waals surface area contributed by atoms with Crippen LogP contribution in [0, 0.1) is 10.1 Å². The molecule has 0 saturated heterocycles. The Kier molecular flexibility index (Phi) is 9.42. The molecule has 0 radical (unpaired) electrons. The van der Waals surface area contributed by atoms with Crippen molar-refractivity contribution in [3.05, 3.63) is 101 Å². The maximum Gasteiger partial charge on any atom is 0.271 e. The number of benzene rings is 3. The summed E-state index contributed by atoms with van der Waals surface area (Å²) in [5.41, 5.74) is 2.66. The molecule has 4 rings (SSSR count). The number of nitro groups is 1. The number of non-ortho nitro benzene ring substituents is 1. The lowest BCUT2D eigenvalue weighted by molar-refractivity contribution is -0.384. The number of hydrogen-bond donors (Lipinski definition) is 2. The fourth-order valence-corrected chi connectivity index (χ4v) is 4.88. The van der Waals surface area contributed by atoms with Crippen molar-refractivity contribution in [3.63, 3.8) is 0 Å². The van der Waals surface area contributed by atoms with Gasteiger partial charge in [0.25, 0.3) is 5.69 Å². The molecule has 0 aliphatic heterocycles. The highest BCUT2D eigenvalue weighted by atomic mass is 32.2. The van der Waals surface area contributed by atoms with Crippen LogP contribution in [-0.4, -0.2) is 36.8 Å². The predicted octanol–water partition coefficient (Wildman–Crippen LogP) is 6.03. The van der Waals surface area contributed by atoms with Crippen LogP contribution in [-0.2, 0) is 16.1 Å². The van der Waals surface area contributed by atoms with Crippen molar-refractivity contribution in [2.24, 2.45) is 0 Å². The first kappa shape index (κ1) is 28.2. The monoisotopic (exact) mass is 556 g/mol. The van der Waals surface area contributed by atoms with Gasteiger partial charge in [0, 0.05) is 41.7 Å². The lowest BCUT2D eigenvalue weighted by atomic mass is 10.2. The van der Waals surface area contributed by atoms with Crippen LogP contribution in [0.4, 0.5) is 17.1 Å². The summed E-state index contributed by atoms with van der Waals surface area (Å²) in [6.45, 7) is 4.44. The fourth-order valence-electron chi connectivity index (χ4n) is 3.87. The predicted molar refractivity (Wildman–Crippen MR) is 157 cm³/mol. The Morgan fingerprint density at radius 2 is 1.73 bits per heavy atom. The Hall–Kier alpha value is -4.77. The summed E-state index contributed by atoms with van der Waals surface area (Å²) in [5.74, 6) is 0.128. The summed E-state index contributed by atoms with van der Waals surface area (Å²) in [6.07, 6.45) is 3.75. The normalized spacial score (nSPS) is 11.8. The van der Waals surface area contributed by atoms with Crippen molar-refractivity contribution >= 4 is 46.7 Å². The molecule has 3 aromatic carbocycles. The topological polar surface area (TPSA) is 132 Å². The van der Waals surface area contributed by atoms with Gasteiger partial charge < -0.3 is 15.2 Å². The number of carbonyl (C=O) groups excluding carboxylic acids is 2. The second-order valence-corrected chi connectivity index (χ2v) is 9.84. The van der Waals surface area contributed by atoms with E-state index in [0.717, 1.165) is 11.1 Å². The number of thioether (sulfide) groups is 1. The molecule has 0 aliphatic carbocycles. The van der Waals surface area contributed by atoms with E-state index in [1.54, 1.807) is 24.3 Å². The summed E-state index contributed by atoms with van der Waals surface area (Å²) >= 11 is 1.29. The van der Waals surface area contributed by atoms with E-state index < -0.39 is 10.2 Å². The minimum absolute atomic E-state index is 0.0943. The second-order valence-electron chi connectivity index (χ2n) is 8.67. The van der Waals surface area contributed by atoms with E-state index in [2.05, 4.69) is 20.8 Å². The SMILES string of the molecule is CCC(Sc1nnc(-c2ccc(NC(=O)/C=C/c3ccccc3)cc2)n1CC)C(=O)Nc1cccc([N+](=O)[O-])c1. The second kappa shape index (κ2) is 13.3. The zero-order valence-corrected chi connectivity index (χ0v) is 22.8. The van der Waals surface area contributed by atoms with Crippen LogP contribution in [0.1, 0.15) is 25.8 Å². The van der Waals surface area contributed by atoms with Crippen LogP contribution >= 0.6 is 11.8 Å². The molecule has 2 N–H and O–H groups in total. The summed E-state index contributed by atoms with van der Waals surface area (Å²) in [7, 11) is 0. The molecular formula is C29H28N6O4S. The average Bonchev–Trinajstić information content (AvgIpc) is 3.38. The number of amides is 2. The molecule has 0 saturated carbocycles. The highest BCUT2D eigenvalue weighted by Crippen LogP contribution is 2.30. The third kappa shape index (κ3) is 7.20. The van der Waals surface area contributed by atoms with Gasteiger partial charge in [0.1, 0.15) is 0 Å². The van der Waals surface area contributed by atoms with Gasteiger partial charge in [-0.1, -0.05) is 55.1 Å². The number of nitrogens with one attached hydrogen (secondary N) is 2. The molecule has 2 amide bonds.